The summed E-state index contributed by atoms with van der Waals surface area (Å²) in [5, 5.41) is 0. The van der Waals surface area contributed by atoms with Crippen LogP contribution in [0.15, 0.2) is 16.3 Å². The number of nitrogens with two attached hydrogens (primary N) is 1. The van der Waals surface area contributed by atoms with E-state index in [0.29, 0.717) is 23.8 Å². The van der Waals surface area contributed by atoms with E-state index in [2.05, 4.69) is 27.7 Å². The zero-order valence-electron chi connectivity index (χ0n) is 12.6. The minimum absolute atomic E-state index is 0.0186. The molecule has 1 aliphatic heterocycles. The highest BCUT2D eigenvalue weighted by atomic mass is 32.2. The predicted octanol–water partition coefficient (Wildman–Crippen LogP) is 2.41. The number of hydrogen-bond acceptors (Lipinski definition) is 4. The average molecular weight is 316 g/mol. The van der Waals surface area contributed by atoms with Crippen molar-refractivity contribution in [1.82, 2.24) is 4.31 Å². The van der Waals surface area contributed by atoms with E-state index in [4.69, 9.17) is 5.73 Å². The maximum Gasteiger partial charge on any atom is 0.252 e. The first-order valence-corrected chi connectivity index (χ1v) is 9.15. The Hall–Kier alpha value is -0.430. The third-order valence-electron chi connectivity index (χ3n) is 3.93. The molecule has 0 aromatic carbocycles. The zero-order chi connectivity index (χ0) is 15.2. The summed E-state index contributed by atoms with van der Waals surface area (Å²) in [6, 6.07) is 3.66. The second-order valence-corrected chi connectivity index (χ2v) is 10.2. The summed E-state index contributed by atoms with van der Waals surface area (Å²) in [6.45, 7) is 9.95. The van der Waals surface area contributed by atoms with E-state index in [-0.39, 0.29) is 10.8 Å². The molecule has 1 fully saturated rings. The van der Waals surface area contributed by atoms with Gasteiger partial charge >= 0.3 is 0 Å². The van der Waals surface area contributed by atoms with Crippen LogP contribution in [-0.4, -0.2) is 32.4 Å². The molecule has 1 unspecified atom stereocenters. The summed E-state index contributed by atoms with van der Waals surface area (Å²) in [5.41, 5.74) is 5.65. The Morgan fingerprint density at radius 1 is 1.40 bits per heavy atom. The smallest absolute Gasteiger partial charge is 0.252 e. The highest BCUT2D eigenvalue weighted by molar-refractivity contribution is 7.91. The molecule has 20 heavy (non-hydrogen) atoms. The zero-order valence-corrected chi connectivity index (χ0v) is 14.3. The normalized spacial score (nSPS) is 25.2. The molecule has 114 valence electrons. The van der Waals surface area contributed by atoms with Crippen LogP contribution in [-0.2, 0) is 15.4 Å². The van der Waals surface area contributed by atoms with Crippen molar-refractivity contribution in [2.45, 2.75) is 43.7 Å². The van der Waals surface area contributed by atoms with Gasteiger partial charge in [-0.05, 0) is 35.9 Å². The van der Waals surface area contributed by atoms with E-state index >= 15 is 0 Å². The lowest BCUT2D eigenvalue weighted by Crippen LogP contribution is -2.34. The molecule has 6 heteroatoms. The molecule has 1 saturated heterocycles. The van der Waals surface area contributed by atoms with Gasteiger partial charge in [-0.1, -0.05) is 27.7 Å². The van der Waals surface area contributed by atoms with Crippen molar-refractivity contribution < 1.29 is 8.42 Å². The van der Waals surface area contributed by atoms with Crippen LogP contribution in [0.3, 0.4) is 0 Å². The second-order valence-electron chi connectivity index (χ2n) is 6.97. The fraction of sp³-hybridized carbons (Fsp3) is 0.714. The van der Waals surface area contributed by atoms with Crippen LogP contribution in [0.1, 0.15) is 39.0 Å². The SMILES string of the molecule is CC1(CN)CCN(S(=O)(=O)c2ccc(C(C)(C)C)s2)C1. The Labute approximate surface area is 126 Å². The Kier molecular flexibility index (Phi) is 4.06. The highest BCUT2D eigenvalue weighted by Gasteiger charge is 2.39. The molecular formula is C14H24N2O2S2. The highest BCUT2D eigenvalue weighted by Crippen LogP contribution is 2.36. The molecule has 2 heterocycles. The first-order valence-electron chi connectivity index (χ1n) is 6.89. The lowest BCUT2D eigenvalue weighted by Gasteiger charge is -2.22. The number of sulfonamides is 1. The van der Waals surface area contributed by atoms with E-state index in [1.165, 1.54) is 11.3 Å². The topological polar surface area (TPSA) is 63.4 Å². The Balaban J connectivity index is 2.26. The third kappa shape index (κ3) is 2.93. The van der Waals surface area contributed by atoms with E-state index in [1.807, 2.05) is 6.07 Å². The van der Waals surface area contributed by atoms with E-state index in [0.717, 1.165) is 11.3 Å². The minimum Gasteiger partial charge on any atom is -0.330 e. The molecular weight excluding hydrogens is 292 g/mol. The molecule has 0 bridgehead atoms. The summed E-state index contributed by atoms with van der Waals surface area (Å²) < 4.78 is 27.4. The van der Waals surface area contributed by atoms with Crippen LogP contribution in [0, 0.1) is 5.41 Å². The van der Waals surface area contributed by atoms with Gasteiger partial charge in [-0.3, -0.25) is 0 Å². The maximum atomic E-state index is 12.7. The summed E-state index contributed by atoms with van der Waals surface area (Å²) in [6.07, 6.45) is 0.834. The van der Waals surface area contributed by atoms with Gasteiger partial charge in [0.05, 0.1) is 0 Å². The van der Waals surface area contributed by atoms with Crippen LogP contribution in [0.4, 0.5) is 0 Å². The first kappa shape index (κ1) is 15.9. The molecule has 0 aliphatic carbocycles. The van der Waals surface area contributed by atoms with Crippen LogP contribution < -0.4 is 5.73 Å². The summed E-state index contributed by atoms with van der Waals surface area (Å²) in [4.78, 5) is 1.09. The van der Waals surface area contributed by atoms with Crippen molar-refractivity contribution in [2.24, 2.45) is 11.1 Å². The third-order valence-corrected chi connectivity index (χ3v) is 7.75. The van der Waals surface area contributed by atoms with Gasteiger partial charge in [0, 0.05) is 18.0 Å². The van der Waals surface area contributed by atoms with Crippen molar-refractivity contribution in [1.29, 1.82) is 0 Å². The molecule has 2 N–H and O–H groups in total. The van der Waals surface area contributed by atoms with Crippen molar-refractivity contribution in [3.05, 3.63) is 17.0 Å². The Bertz CT molecular complexity index is 587. The Morgan fingerprint density at radius 3 is 2.50 bits per heavy atom. The summed E-state index contributed by atoms with van der Waals surface area (Å²) in [7, 11) is -3.36. The van der Waals surface area contributed by atoms with Crippen LogP contribution in [0.25, 0.3) is 0 Å². The van der Waals surface area contributed by atoms with E-state index < -0.39 is 10.0 Å². The van der Waals surface area contributed by atoms with Crippen LogP contribution >= 0.6 is 11.3 Å². The molecule has 2 rings (SSSR count). The van der Waals surface area contributed by atoms with E-state index in [9.17, 15) is 8.42 Å². The standard InChI is InChI=1S/C14H24N2O2S2/c1-13(2,3)11-5-6-12(19-11)20(17,18)16-8-7-14(4,9-15)10-16/h5-6H,7-10,15H2,1-4H3. The minimum atomic E-state index is -3.36. The molecule has 0 amide bonds. The molecule has 1 aliphatic rings. The lowest BCUT2D eigenvalue weighted by molar-refractivity contribution is 0.350. The van der Waals surface area contributed by atoms with Gasteiger partial charge in [-0.15, -0.1) is 11.3 Å². The molecule has 1 atom stereocenters. The van der Waals surface area contributed by atoms with Gasteiger partial charge in [-0.2, -0.15) is 4.31 Å². The lowest BCUT2D eigenvalue weighted by atomic mass is 9.90. The van der Waals surface area contributed by atoms with E-state index in [1.54, 1.807) is 10.4 Å². The van der Waals surface area contributed by atoms with Gasteiger partial charge in [0.25, 0.3) is 10.0 Å². The first-order chi connectivity index (χ1) is 9.08. The fourth-order valence-corrected chi connectivity index (χ4v) is 5.45. The number of hydrogen-bond donors (Lipinski definition) is 1. The van der Waals surface area contributed by atoms with Crippen LogP contribution in [0.5, 0.6) is 0 Å². The predicted molar refractivity (Wildman–Crippen MR) is 83.6 cm³/mol. The molecule has 0 spiro atoms. The fourth-order valence-electron chi connectivity index (χ4n) is 2.34. The monoisotopic (exact) mass is 316 g/mol. The molecule has 4 nitrogen and oxygen atoms in total. The largest absolute Gasteiger partial charge is 0.330 e. The van der Waals surface area contributed by atoms with Gasteiger partial charge in [0.1, 0.15) is 4.21 Å². The molecule has 0 radical (unpaired) electrons. The second kappa shape index (κ2) is 5.09. The maximum absolute atomic E-state index is 12.7. The quantitative estimate of drug-likeness (QED) is 0.931. The number of thiophene rings is 1. The Morgan fingerprint density at radius 2 is 2.05 bits per heavy atom. The van der Waals surface area contributed by atoms with Crippen molar-refractivity contribution in [3.8, 4) is 0 Å². The van der Waals surface area contributed by atoms with Crippen molar-refractivity contribution in [3.63, 3.8) is 0 Å². The number of rotatable bonds is 3. The van der Waals surface area contributed by atoms with Crippen molar-refractivity contribution in [2.75, 3.05) is 19.6 Å². The van der Waals surface area contributed by atoms with Gasteiger partial charge in [0.2, 0.25) is 0 Å². The molecule has 0 saturated carbocycles. The van der Waals surface area contributed by atoms with Gasteiger partial charge in [-0.25, -0.2) is 8.42 Å². The van der Waals surface area contributed by atoms with Gasteiger partial charge < -0.3 is 5.73 Å². The summed E-state index contributed by atoms with van der Waals surface area (Å²) in [5.74, 6) is 0. The summed E-state index contributed by atoms with van der Waals surface area (Å²) >= 11 is 1.38. The average Bonchev–Trinajstić information content (AvgIpc) is 2.95. The van der Waals surface area contributed by atoms with Gasteiger partial charge in [0.15, 0.2) is 0 Å². The van der Waals surface area contributed by atoms with Crippen molar-refractivity contribution >= 4 is 21.4 Å². The molecule has 1 aromatic heterocycles. The number of nitrogens with zero attached hydrogens (tertiary/aromatic N) is 1. The molecule has 1 aromatic rings. The van der Waals surface area contributed by atoms with Crippen LogP contribution in [0.2, 0.25) is 0 Å².